The number of rotatable bonds is 5. The molecule has 54 heavy (non-hydrogen) atoms. The Balaban J connectivity index is 1.05. The average molecular weight is 691 g/mol. The van der Waals surface area contributed by atoms with Crippen molar-refractivity contribution in [2.45, 2.75) is 0 Å². The van der Waals surface area contributed by atoms with Crippen LogP contribution in [-0.2, 0) is 0 Å². The summed E-state index contributed by atoms with van der Waals surface area (Å²) in [5.74, 6) is 1.87. The maximum atomic E-state index is 6.37. The van der Waals surface area contributed by atoms with Gasteiger partial charge in [-0.2, -0.15) is 0 Å². The van der Waals surface area contributed by atoms with Crippen molar-refractivity contribution < 1.29 is 4.42 Å². The summed E-state index contributed by atoms with van der Waals surface area (Å²) in [6.45, 7) is 0. The number of para-hydroxylation sites is 2. The fourth-order valence-electron chi connectivity index (χ4n) is 7.87. The predicted molar refractivity (Wildman–Crippen MR) is 221 cm³/mol. The Morgan fingerprint density at radius 2 is 0.963 bits per heavy atom. The lowest BCUT2D eigenvalue weighted by Gasteiger charge is -2.11. The summed E-state index contributed by atoms with van der Waals surface area (Å²) < 4.78 is 8.69. The highest BCUT2D eigenvalue weighted by atomic mass is 16.3. The molecule has 3 heterocycles. The molecule has 0 aliphatic heterocycles. The van der Waals surface area contributed by atoms with Gasteiger partial charge in [0.05, 0.1) is 11.0 Å². The van der Waals surface area contributed by atoms with E-state index in [1.54, 1.807) is 0 Å². The minimum absolute atomic E-state index is 0.618. The smallest absolute Gasteiger partial charge is 0.164 e. The normalized spacial score (nSPS) is 11.7. The van der Waals surface area contributed by atoms with Crippen molar-refractivity contribution in [3.63, 3.8) is 0 Å². The van der Waals surface area contributed by atoms with E-state index in [2.05, 4.69) is 144 Å². The van der Waals surface area contributed by atoms with Crippen LogP contribution in [0.4, 0.5) is 0 Å². The lowest BCUT2D eigenvalue weighted by atomic mass is 9.97. The summed E-state index contributed by atoms with van der Waals surface area (Å²) in [4.78, 5) is 15.2. The highest BCUT2D eigenvalue weighted by Gasteiger charge is 2.18. The molecule has 11 rings (SSSR count). The molecule has 0 amide bonds. The van der Waals surface area contributed by atoms with Crippen LogP contribution in [0.3, 0.4) is 0 Å². The number of hydrogen-bond acceptors (Lipinski definition) is 4. The topological polar surface area (TPSA) is 56.7 Å². The molecule has 0 unspecified atom stereocenters. The molecule has 0 saturated carbocycles. The van der Waals surface area contributed by atoms with Crippen molar-refractivity contribution in [1.82, 2.24) is 19.5 Å². The molecule has 0 spiro atoms. The van der Waals surface area contributed by atoms with E-state index in [1.807, 2.05) is 42.5 Å². The summed E-state index contributed by atoms with van der Waals surface area (Å²) in [6, 6.07) is 63.3. The molecule has 0 bridgehead atoms. The largest absolute Gasteiger partial charge is 0.456 e. The minimum Gasteiger partial charge on any atom is -0.456 e. The number of aromatic nitrogens is 4. The van der Waals surface area contributed by atoms with E-state index >= 15 is 0 Å². The lowest BCUT2D eigenvalue weighted by molar-refractivity contribution is 0.669. The van der Waals surface area contributed by atoms with Gasteiger partial charge >= 0.3 is 0 Å². The monoisotopic (exact) mass is 690 g/mol. The van der Waals surface area contributed by atoms with Gasteiger partial charge in [0.25, 0.3) is 0 Å². The Morgan fingerprint density at radius 3 is 1.74 bits per heavy atom. The summed E-state index contributed by atoms with van der Waals surface area (Å²) in [5, 5.41) is 6.97. The van der Waals surface area contributed by atoms with Crippen LogP contribution in [0, 0.1) is 0 Å². The molecule has 11 aromatic rings. The SMILES string of the molecule is c1ccc(-c2nc(-c3ccc(-c4cccc5oc6cc7ccccc7cc6c45)cc3)nc(-c3ccc4c5ccccc5n(-c5ccccc5)c4c3)n2)cc1. The molecule has 0 atom stereocenters. The molecular weight excluding hydrogens is 661 g/mol. The van der Waals surface area contributed by atoms with E-state index in [4.69, 9.17) is 19.4 Å². The fraction of sp³-hybridized carbons (Fsp3) is 0. The van der Waals surface area contributed by atoms with E-state index in [0.717, 1.165) is 66.5 Å². The summed E-state index contributed by atoms with van der Waals surface area (Å²) in [7, 11) is 0. The van der Waals surface area contributed by atoms with Crippen LogP contribution < -0.4 is 0 Å². The number of furan rings is 1. The van der Waals surface area contributed by atoms with Crippen molar-refractivity contribution in [2.24, 2.45) is 0 Å². The first kappa shape index (κ1) is 30.3. The van der Waals surface area contributed by atoms with Gasteiger partial charge in [0, 0.05) is 43.9 Å². The molecule has 5 heteroatoms. The third-order valence-corrected chi connectivity index (χ3v) is 10.4. The molecule has 3 aromatic heterocycles. The molecule has 5 nitrogen and oxygen atoms in total. The molecule has 252 valence electrons. The Labute approximate surface area is 310 Å². The van der Waals surface area contributed by atoms with Gasteiger partial charge in [-0.15, -0.1) is 0 Å². The van der Waals surface area contributed by atoms with Crippen LogP contribution in [0.25, 0.3) is 105 Å². The Morgan fingerprint density at radius 1 is 0.370 bits per heavy atom. The summed E-state index contributed by atoms with van der Waals surface area (Å²) in [6.07, 6.45) is 0. The Kier molecular flexibility index (Phi) is 6.79. The third kappa shape index (κ3) is 4.90. The standard InChI is InChI=1S/C49H30N4O/c1-3-12-32(13-4-1)47-50-48(52-49(51-47)36-26-27-40-39-18-9-10-20-42(39)53(43(40)29-36)37-16-5-2-6-17-37)33-24-22-31(23-25-33)38-19-11-21-44-46(38)41-28-34-14-7-8-15-35(34)30-45(41)54-44/h1-30H. The van der Waals surface area contributed by atoms with Crippen LogP contribution in [0.5, 0.6) is 0 Å². The van der Waals surface area contributed by atoms with Gasteiger partial charge in [-0.25, -0.2) is 15.0 Å². The first-order valence-electron chi connectivity index (χ1n) is 18.1. The van der Waals surface area contributed by atoms with Gasteiger partial charge < -0.3 is 8.98 Å². The number of hydrogen-bond donors (Lipinski definition) is 0. The first-order valence-corrected chi connectivity index (χ1v) is 18.1. The van der Waals surface area contributed by atoms with Gasteiger partial charge in [-0.05, 0) is 64.4 Å². The summed E-state index contributed by atoms with van der Waals surface area (Å²) >= 11 is 0. The predicted octanol–water partition coefficient (Wildman–Crippen LogP) is 12.7. The van der Waals surface area contributed by atoms with Crippen molar-refractivity contribution >= 4 is 54.5 Å². The quantitative estimate of drug-likeness (QED) is 0.180. The summed E-state index contributed by atoms with van der Waals surface area (Å²) in [5.41, 5.74) is 10.1. The molecule has 0 aliphatic rings. The second-order valence-electron chi connectivity index (χ2n) is 13.6. The molecule has 0 fully saturated rings. The first-order chi connectivity index (χ1) is 26.7. The van der Waals surface area contributed by atoms with E-state index in [9.17, 15) is 0 Å². The minimum atomic E-state index is 0.618. The molecule has 0 radical (unpaired) electrons. The molecule has 0 N–H and O–H groups in total. The zero-order valence-electron chi connectivity index (χ0n) is 29.0. The maximum absolute atomic E-state index is 6.37. The van der Waals surface area contributed by atoms with Crippen molar-refractivity contribution in [2.75, 3.05) is 0 Å². The molecular formula is C49H30N4O. The van der Waals surface area contributed by atoms with Crippen molar-refractivity contribution in [3.8, 4) is 51.0 Å². The second-order valence-corrected chi connectivity index (χ2v) is 13.6. The zero-order valence-corrected chi connectivity index (χ0v) is 29.0. The maximum Gasteiger partial charge on any atom is 0.164 e. The van der Waals surface area contributed by atoms with Crippen molar-refractivity contribution in [3.05, 3.63) is 182 Å². The third-order valence-electron chi connectivity index (χ3n) is 10.4. The van der Waals surface area contributed by atoms with E-state index in [-0.39, 0.29) is 0 Å². The number of benzene rings is 8. The highest BCUT2D eigenvalue weighted by molar-refractivity contribution is 6.15. The molecule has 0 aliphatic carbocycles. The van der Waals surface area contributed by atoms with Gasteiger partial charge in [0.1, 0.15) is 11.2 Å². The van der Waals surface area contributed by atoms with E-state index in [0.29, 0.717) is 17.5 Å². The van der Waals surface area contributed by atoms with Gasteiger partial charge in [-0.1, -0.05) is 140 Å². The molecule has 0 saturated heterocycles. The van der Waals surface area contributed by atoms with Gasteiger partial charge in [0.2, 0.25) is 0 Å². The van der Waals surface area contributed by atoms with Crippen LogP contribution in [0.15, 0.2) is 186 Å². The average Bonchev–Trinajstić information content (AvgIpc) is 3.78. The van der Waals surface area contributed by atoms with Gasteiger partial charge in [0.15, 0.2) is 17.5 Å². The lowest BCUT2D eigenvalue weighted by Crippen LogP contribution is -2.00. The second kappa shape index (κ2) is 12.1. The van der Waals surface area contributed by atoms with Crippen LogP contribution in [0.2, 0.25) is 0 Å². The van der Waals surface area contributed by atoms with Gasteiger partial charge in [-0.3, -0.25) is 0 Å². The fourth-order valence-corrected chi connectivity index (χ4v) is 7.87. The molecule has 8 aromatic carbocycles. The van der Waals surface area contributed by atoms with Crippen LogP contribution in [0.1, 0.15) is 0 Å². The Bertz CT molecular complexity index is 3200. The number of nitrogens with zero attached hydrogens (tertiary/aromatic N) is 4. The zero-order chi connectivity index (χ0) is 35.6. The number of fused-ring (bicyclic) bond motifs is 7. The van der Waals surface area contributed by atoms with E-state index in [1.165, 1.54) is 21.5 Å². The van der Waals surface area contributed by atoms with Crippen LogP contribution >= 0.6 is 0 Å². The van der Waals surface area contributed by atoms with Crippen molar-refractivity contribution in [1.29, 1.82) is 0 Å². The van der Waals surface area contributed by atoms with E-state index < -0.39 is 0 Å². The Hall–Kier alpha value is -7.37. The van der Waals surface area contributed by atoms with Crippen LogP contribution in [-0.4, -0.2) is 19.5 Å². The highest BCUT2D eigenvalue weighted by Crippen LogP contribution is 2.39.